The summed E-state index contributed by atoms with van der Waals surface area (Å²) in [6, 6.07) is 10.6. The molecular formula is C16H14BrN5O2S. The molecule has 2 heterocycles. The molecule has 0 aliphatic rings. The van der Waals surface area contributed by atoms with Gasteiger partial charge in [0.2, 0.25) is 11.0 Å². The first-order valence-electron chi connectivity index (χ1n) is 7.51. The molecule has 2 aromatic heterocycles. The normalized spacial score (nSPS) is 10.6. The molecular weight excluding hydrogens is 406 g/mol. The Balaban J connectivity index is 1.78. The maximum absolute atomic E-state index is 12.2. The average Bonchev–Trinajstić information content (AvgIpc) is 3.04. The number of aryl methyl sites for hydroxylation is 1. The van der Waals surface area contributed by atoms with E-state index in [4.69, 9.17) is 0 Å². The van der Waals surface area contributed by atoms with Gasteiger partial charge in [0, 0.05) is 16.1 Å². The van der Waals surface area contributed by atoms with Gasteiger partial charge in [-0.15, -0.1) is 10.2 Å². The summed E-state index contributed by atoms with van der Waals surface area (Å²) in [7, 11) is 0. The van der Waals surface area contributed by atoms with Crippen LogP contribution in [-0.4, -0.2) is 25.9 Å². The van der Waals surface area contributed by atoms with Crippen molar-refractivity contribution >= 4 is 38.3 Å². The highest BCUT2D eigenvalue weighted by atomic mass is 79.9. The quantitative estimate of drug-likeness (QED) is 0.686. The third-order valence-corrected chi connectivity index (χ3v) is 4.77. The molecule has 0 bridgehead atoms. The Morgan fingerprint density at radius 2 is 2.12 bits per heavy atom. The number of halogens is 1. The number of hydrogen-bond donors (Lipinski definition) is 1. The second kappa shape index (κ2) is 7.66. The molecule has 0 radical (unpaired) electrons. The minimum atomic E-state index is -0.375. The van der Waals surface area contributed by atoms with E-state index in [0.29, 0.717) is 10.8 Å². The van der Waals surface area contributed by atoms with Crippen molar-refractivity contribution in [1.29, 1.82) is 0 Å². The highest BCUT2D eigenvalue weighted by Crippen LogP contribution is 2.20. The Bertz CT molecular complexity index is 969. The highest BCUT2D eigenvalue weighted by Gasteiger charge is 2.11. The van der Waals surface area contributed by atoms with Crippen molar-refractivity contribution in [2.24, 2.45) is 0 Å². The number of aromatic nitrogens is 4. The summed E-state index contributed by atoms with van der Waals surface area (Å²) in [5, 5.41) is 16.0. The van der Waals surface area contributed by atoms with Crippen LogP contribution in [0.1, 0.15) is 11.9 Å². The average molecular weight is 420 g/mol. The zero-order valence-corrected chi connectivity index (χ0v) is 15.7. The van der Waals surface area contributed by atoms with Crippen molar-refractivity contribution in [2.75, 3.05) is 5.32 Å². The van der Waals surface area contributed by atoms with E-state index in [9.17, 15) is 9.59 Å². The Kier molecular flexibility index (Phi) is 5.34. The van der Waals surface area contributed by atoms with Crippen LogP contribution in [0.2, 0.25) is 0 Å². The predicted octanol–water partition coefficient (Wildman–Crippen LogP) is 2.73. The van der Waals surface area contributed by atoms with Crippen LogP contribution in [-0.2, 0) is 17.8 Å². The number of rotatable bonds is 5. The van der Waals surface area contributed by atoms with Crippen LogP contribution in [0.4, 0.5) is 5.13 Å². The number of anilines is 1. The Morgan fingerprint density at radius 1 is 1.28 bits per heavy atom. The number of carbonyl (C=O) groups is 1. The molecule has 1 amide bonds. The van der Waals surface area contributed by atoms with Gasteiger partial charge >= 0.3 is 0 Å². The van der Waals surface area contributed by atoms with Gasteiger partial charge in [0.25, 0.3) is 5.56 Å². The SMILES string of the molecule is CCc1nnc(NC(=O)Cn2nc(-c3cccc(Br)c3)ccc2=O)s1. The second-order valence-electron chi connectivity index (χ2n) is 5.13. The van der Waals surface area contributed by atoms with Gasteiger partial charge in [-0.3, -0.25) is 14.9 Å². The number of carbonyl (C=O) groups excluding carboxylic acids is 1. The van der Waals surface area contributed by atoms with Crippen LogP contribution in [0.15, 0.2) is 45.7 Å². The number of benzene rings is 1. The molecule has 0 saturated carbocycles. The van der Waals surface area contributed by atoms with E-state index in [1.807, 2.05) is 31.2 Å². The summed E-state index contributed by atoms with van der Waals surface area (Å²) in [4.78, 5) is 24.1. The first-order valence-corrected chi connectivity index (χ1v) is 9.12. The van der Waals surface area contributed by atoms with E-state index in [0.717, 1.165) is 26.1 Å². The summed E-state index contributed by atoms with van der Waals surface area (Å²) in [6.45, 7) is 1.77. The first-order chi connectivity index (χ1) is 12.0. The van der Waals surface area contributed by atoms with Crippen LogP contribution in [0.3, 0.4) is 0 Å². The minimum Gasteiger partial charge on any atom is -0.299 e. The highest BCUT2D eigenvalue weighted by molar-refractivity contribution is 9.10. The van der Waals surface area contributed by atoms with Crippen LogP contribution >= 0.6 is 27.3 Å². The number of nitrogens with zero attached hydrogens (tertiary/aromatic N) is 4. The van der Waals surface area contributed by atoms with Crippen molar-refractivity contribution in [3.63, 3.8) is 0 Å². The lowest BCUT2D eigenvalue weighted by molar-refractivity contribution is -0.117. The number of hydrogen-bond acceptors (Lipinski definition) is 6. The van der Waals surface area contributed by atoms with Gasteiger partial charge < -0.3 is 0 Å². The molecule has 1 N–H and O–H groups in total. The fourth-order valence-corrected chi connectivity index (χ4v) is 3.20. The lowest BCUT2D eigenvalue weighted by Gasteiger charge is -2.07. The fourth-order valence-electron chi connectivity index (χ4n) is 2.11. The molecule has 128 valence electrons. The molecule has 0 saturated heterocycles. The molecule has 0 aliphatic heterocycles. The van der Waals surface area contributed by atoms with Gasteiger partial charge in [0.1, 0.15) is 11.6 Å². The zero-order valence-electron chi connectivity index (χ0n) is 13.3. The summed E-state index contributed by atoms with van der Waals surface area (Å²) in [5.41, 5.74) is 1.11. The van der Waals surface area contributed by atoms with Gasteiger partial charge in [-0.1, -0.05) is 46.3 Å². The Labute approximate surface area is 155 Å². The Hall–Kier alpha value is -2.39. The Morgan fingerprint density at radius 3 is 2.84 bits per heavy atom. The molecule has 0 fully saturated rings. The van der Waals surface area contributed by atoms with E-state index in [1.165, 1.54) is 17.4 Å². The van der Waals surface area contributed by atoms with Gasteiger partial charge in [0.05, 0.1) is 5.69 Å². The number of amides is 1. The van der Waals surface area contributed by atoms with Crippen LogP contribution < -0.4 is 10.9 Å². The van der Waals surface area contributed by atoms with Gasteiger partial charge in [0.15, 0.2) is 0 Å². The summed E-state index contributed by atoms with van der Waals surface area (Å²) in [6.07, 6.45) is 0.753. The predicted molar refractivity (Wildman–Crippen MR) is 99.5 cm³/mol. The molecule has 3 aromatic rings. The minimum absolute atomic E-state index is 0.193. The van der Waals surface area contributed by atoms with Crippen molar-refractivity contribution in [3.05, 3.63) is 56.2 Å². The van der Waals surface area contributed by atoms with Crippen molar-refractivity contribution in [3.8, 4) is 11.3 Å². The first kappa shape index (κ1) is 17.4. The van der Waals surface area contributed by atoms with E-state index < -0.39 is 0 Å². The molecule has 0 spiro atoms. The second-order valence-corrected chi connectivity index (χ2v) is 7.11. The molecule has 9 heteroatoms. The lowest BCUT2D eigenvalue weighted by Crippen LogP contribution is -2.29. The van der Waals surface area contributed by atoms with E-state index in [-0.39, 0.29) is 18.0 Å². The van der Waals surface area contributed by atoms with Crippen LogP contribution in [0.5, 0.6) is 0 Å². The third-order valence-electron chi connectivity index (χ3n) is 3.30. The van der Waals surface area contributed by atoms with E-state index >= 15 is 0 Å². The standard InChI is InChI=1S/C16H14BrN5O2S/c1-2-14-19-20-16(25-14)18-13(23)9-22-15(24)7-6-12(21-22)10-4-3-5-11(17)8-10/h3-8H,2,9H2,1H3,(H,18,20,23). The molecule has 25 heavy (non-hydrogen) atoms. The monoisotopic (exact) mass is 419 g/mol. The maximum atomic E-state index is 12.2. The van der Waals surface area contributed by atoms with Crippen molar-refractivity contribution < 1.29 is 4.79 Å². The fraction of sp³-hybridized carbons (Fsp3) is 0.188. The van der Waals surface area contributed by atoms with Gasteiger partial charge in [-0.05, 0) is 24.6 Å². The molecule has 0 atom stereocenters. The smallest absolute Gasteiger partial charge is 0.267 e. The molecule has 0 unspecified atom stereocenters. The number of nitrogens with one attached hydrogen (secondary N) is 1. The topological polar surface area (TPSA) is 89.8 Å². The molecule has 3 rings (SSSR count). The molecule has 0 aliphatic carbocycles. The summed E-state index contributed by atoms with van der Waals surface area (Å²) >= 11 is 4.72. The van der Waals surface area contributed by atoms with Crippen LogP contribution in [0, 0.1) is 0 Å². The summed E-state index contributed by atoms with van der Waals surface area (Å²) < 4.78 is 2.04. The summed E-state index contributed by atoms with van der Waals surface area (Å²) in [5.74, 6) is -0.375. The van der Waals surface area contributed by atoms with E-state index in [1.54, 1.807) is 6.07 Å². The molecule has 7 nitrogen and oxygen atoms in total. The zero-order chi connectivity index (χ0) is 17.8. The van der Waals surface area contributed by atoms with E-state index in [2.05, 4.69) is 36.5 Å². The lowest BCUT2D eigenvalue weighted by atomic mass is 10.1. The van der Waals surface area contributed by atoms with Crippen molar-refractivity contribution in [1.82, 2.24) is 20.0 Å². The third kappa shape index (κ3) is 4.37. The van der Waals surface area contributed by atoms with Gasteiger partial charge in [-0.2, -0.15) is 5.10 Å². The molecule has 1 aromatic carbocycles. The van der Waals surface area contributed by atoms with Gasteiger partial charge in [-0.25, -0.2) is 4.68 Å². The van der Waals surface area contributed by atoms with Crippen LogP contribution in [0.25, 0.3) is 11.3 Å². The largest absolute Gasteiger partial charge is 0.299 e. The maximum Gasteiger partial charge on any atom is 0.267 e. The van der Waals surface area contributed by atoms with Crippen molar-refractivity contribution in [2.45, 2.75) is 19.9 Å².